The Hall–Kier alpha value is -1.58. The normalized spacial score (nSPS) is 17.0. The van der Waals surface area contributed by atoms with E-state index in [-0.39, 0.29) is 11.9 Å². The van der Waals surface area contributed by atoms with E-state index in [0.29, 0.717) is 12.8 Å². The van der Waals surface area contributed by atoms with Gasteiger partial charge in [-0.05, 0) is 50.7 Å². The standard InChI is InChI=1S/C40H72O4/c1-3-5-7-9-11-13-15-17-19-21-23-25-27-31-35-43-39(41)37-33-29-30-34-38(37)40(42)44-36-32-28-26-24-22-20-18-16-14-12-10-8-6-4-2/h31-32,35-38H,3-30,33-34H2,1-2H3. The summed E-state index contributed by atoms with van der Waals surface area (Å²) in [6, 6.07) is 0. The first-order chi connectivity index (χ1) is 21.7. The van der Waals surface area contributed by atoms with Gasteiger partial charge in [-0.3, -0.25) is 9.59 Å². The summed E-state index contributed by atoms with van der Waals surface area (Å²) in [5, 5.41) is 0. The van der Waals surface area contributed by atoms with Crippen molar-refractivity contribution in [3.63, 3.8) is 0 Å². The highest BCUT2D eigenvalue weighted by atomic mass is 16.5. The Kier molecular flexibility index (Phi) is 28.9. The molecular formula is C40H72O4. The molecule has 0 N–H and O–H groups in total. The number of esters is 2. The SMILES string of the molecule is CCCCCCCCCCCCCCC=COC(=O)C1CCCCC1C(=O)OC=CCCCCCCCCCCCCCC. The minimum absolute atomic E-state index is 0.280. The predicted molar refractivity (Wildman–Crippen MR) is 187 cm³/mol. The summed E-state index contributed by atoms with van der Waals surface area (Å²) in [5.74, 6) is -1.34. The molecule has 0 aromatic carbocycles. The van der Waals surface area contributed by atoms with Crippen LogP contribution >= 0.6 is 0 Å². The quantitative estimate of drug-likeness (QED) is 0.0457. The maximum absolute atomic E-state index is 12.8. The maximum Gasteiger partial charge on any atom is 0.314 e. The van der Waals surface area contributed by atoms with Gasteiger partial charge >= 0.3 is 11.9 Å². The fourth-order valence-electron chi connectivity index (χ4n) is 6.44. The topological polar surface area (TPSA) is 52.6 Å². The van der Waals surface area contributed by atoms with Crippen LogP contribution in [-0.2, 0) is 19.1 Å². The summed E-state index contributed by atoms with van der Waals surface area (Å²) >= 11 is 0. The molecule has 0 aromatic rings. The monoisotopic (exact) mass is 617 g/mol. The van der Waals surface area contributed by atoms with Crippen LogP contribution in [0.2, 0.25) is 0 Å². The van der Waals surface area contributed by atoms with E-state index in [2.05, 4.69) is 13.8 Å². The number of allylic oxidation sites excluding steroid dienone is 2. The van der Waals surface area contributed by atoms with Crippen molar-refractivity contribution in [3.8, 4) is 0 Å². The molecular weight excluding hydrogens is 544 g/mol. The number of carbonyl (C=O) groups is 2. The zero-order valence-corrected chi connectivity index (χ0v) is 29.3. The number of ether oxygens (including phenoxy) is 2. The third-order valence-corrected chi connectivity index (χ3v) is 9.38. The molecule has 4 heteroatoms. The first-order valence-electron chi connectivity index (χ1n) is 19.4. The van der Waals surface area contributed by atoms with Gasteiger partial charge in [0.1, 0.15) is 0 Å². The molecule has 256 valence electrons. The van der Waals surface area contributed by atoms with Crippen molar-refractivity contribution in [2.45, 2.75) is 206 Å². The van der Waals surface area contributed by atoms with Gasteiger partial charge in [0.25, 0.3) is 0 Å². The lowest BCUT2D eigenvalue weighted by Gasteiger charge is -2.27. The van der Waals surface area contributed by atoms with Crippen LogP contribution in [0.1, 0.15) is 206 Å². The molecule has 1 rings (SSSR count). The lowest BCUT2D eigenvalue weighted by Crippen LogP contribution is -2.33. The van der Waals surface area contributed by atoms with Gasteiger partial charge in [-0.1, -0.05) is 168 Å². The fraction of sp³-hybridized carbons (Fsp3) is 0.850. The molecule has 1 fully saturated rings. The molecule has 0 spiro atoms. The number of unbranched alkanes of at least 4 members (excludes halogenated alkanes) is 24. The van der Waals surface area contributed by atoms with Crippen LogP contribution in [0.3, 0.4) is 0 Å². The van der Waals surface area contributed by atoms with Crippen LogP contribution in [0.4, 0.5) is 0 Å². The highest BCUT2D eigenvalue weighted by molar-refractivity contribution is 5.82. The smallest absolute Gasteiger partial charge is 0.314 e. The van der Waals surface area contributed by atoms with Gasteiger partial charge in [0.15, 0.2) is 0 Å². The average molecular weight is 617 g/mol. The Morgan fingerprint density at radius 3 is 1.02 bits per heavy atom. The number of rotatable bonds is 30. The van der Waals surface area contributed by atoms with E-state index in [0.717, 1.165) is 38.5 Å². The largest absolute Gasteiger partial charge is 0.435 e. The van der Waals surface area contributed by atoms with Crippen LogP contribution in [0, 0.1) is 11.8 Å². The molecule has 44 heavy (non-hydrogen) atoms. The second kappa shape index (κ2) is 31.4. The molecule has 0 heterocycles. The Morgan fingerprint density at radius 2 is 0.727 bits per heavy atom. The highest BCUT2D eigenvalue weighted by Gasteiger charge is 2.37. The van der Waals surface area contributed by atoms with E-state index < -0.39 is 11.8 Å². The van der Waals surface area contributed by atoms with Crippen molar-refractivity contribution in [1.82, 2.24) is 0 Å². The van der Waals surface area contributed by atoms with Crippen molar-refractivity contribution < 1.29 is 19.1 Å². The van der Waals surface area contributed by atoms with E-state index in [1.165, 1.54) is 141 Å². The molecule has 0 aliphatic heterocycles. The molecule has 4 nitrogen and oxygen atoms in total. The van der Waals surface area contributed by atoms with Crippen LogP contribution in [0.5, 0.6) is 0 Å². The summed E-state index contributed by atoms with van der Waals surface area (Å²) in [4.78, 5) is 25.5. The van der Waals surface area contributed by atoms with Crippen LogP contribution in [-0.4, -0.2) is 11.9 Å². The lowest BCUT2D eigenvalue weighted by molar-refractivity contribution is -0.156. The second-order valence-electron chi connectivity index (χ2n) is 13.5. The molecule has 0 radical (unpaired) electrons. The van der Waals surface area contributed by atoms with Crippen LogP contribution < -0.4 is 0 Å². The summed E-state index contributed by atoms with van der Waals surface area (Å²) in [5.41, 5.74) is 0. The van der Waals surface area contributed by atoms with E-state index in [4.69, 9.17) is 9.47 Å². The highest BCUT2D eigenvalue weighted by Crippen LogP contribution is 2.32. The second-order valence-corrected chi connectivity index (χ2v) is 13.5. The van der Waals surface area contributed by atoms with Crippen molar-refractivity contribution in [1.29, 1.82) is 0 Å². The van der Waals surface area contributed by atoms with Gasteiger partial charge in [0.05, 0.1) is 24.4 Å². The minimum Gasteiger partial charge on any atom is -0.435 e. The maximum atomic E-state index is 12.8. The van der Waals surface area contributed by atoms with Crippen LogP contribution in [0.15, 0.2) is 24.7 Å². The van der Waals surface area contributed by atoms with Crippen molar-refractivity contribution in [2.24, 2.45) is 11.8 Å². The first kappa shape index (κ1) is 40.4. The number of hydrogen-bond acceptors (Lipinski definition) is 4. The summed E-state index contributed by atoms with van der Waals surface area (Å²) in [6.45, 7) is 4.54. The number of carbonyl (C=O) groups excluding carboxylic acids is 2. The molecule has 0 saturated heterocycles. The molecule has 0 aromatic heterocycles. The first-order valence-corrected chi connectivity index (χ1v) is 19.4. The molecule has 0 bridgehead atoms. The Labute approximate surface area is 273 Å². The van der Waals surface area contributed by atoms with Gasteiger partial charge < -0.3 is 9.47 Å². The van der Waals surface area contributed by atoms with Gasteiger partial charge in [-0.2, -0.15) is 0 Å². The molecule has 2 atom stereocenters. The van der Waals surface area contributed by atoms with E-state index in [9.17, 15) is 9.59 Å². The van der Waals surface area contributed by atoms with Gasteiger partial charge in [0, 0.05) is 0 Å². The lowest BCUT2D eigenvalue weighted by atomic mass is 9.79. The van der Waals surface area contributed by atoms with E-state index in [1.807, 2.05) is 12.2 Å². The van der Waals surface area contributed by atoms with Gasteiger partial charge in [0.2, 0.25) is 0 Å². The molecule has 1 aliphatic rings. The Bertz CT molecular complexity index is 652. The molecule has 2 unspecified atom stereocenters. The summed E-state index contributed by atoms with van der Waals surface area (Å²) < 4.78 is 10.9. The van der Waals surface area contributed by atoms with Crippen molar-refractivity contribution in [2.75, 3.05) is 0 Å². The third-order valence-electron chi connectivity index (χ3n) is 9.38. The van der Waals surface area contributed by atoms with Crippen molar-refractivity contribution in [3.05, 3.63) is 24.7 Å². The van der Waals surface area contributed by atoms with Gasteiger partial charge in [-0.25, -0.2) is 0 Å². The van der Waals surface area contributed by atoms with Crippen molar-refractivity contribution >= 4 is 11.9 Å². The molecule has 1 saturated carbocycles. The third kappa shape index (κ3) is 23.8. The van der Waals surface area contributed by atoms with Crippen LogP contribution in [0.25, 0.3) is 0 Å². The van der Waals surface area contributed by atoms with E-state index in [1.54, 1.807) is 12.5 Å². The van der Waals surface area contributed by atoms with Gasteiger partial charge in [-0.15, -0.1) is 0 Å². The Morgan fingerprint density at radius 1 is 0.455 bits per heavy atom. The number of hydrogen-bond donors (Lipinski definition) is 0. The van der Waals surface area contributed by atoms with E-state index >= 15 is 0 Å². The fourth-order valence-corrected chi connectivity index (χ4v) is 6.44. The minimum atomic E-state index is -0.391. The summed E-state index contributed by atoms with van der Waals surface area (Å²) in [7, 11) is 0. The zero-order chi connectivity index (χ0) is 31.8. The molecule has 0 amide bonds. The average Bonchev–Trinajstić information content (AvgIpc) is 3.04. The Balaban J connectivity index is 2.06. The summed E-state index contributed by atoms with van der Waals surface area (Å²) in [6.07, 6.45) is 44.4. The predicted octanol–water partition coefficient (Wildman–Crippen LogP) is 13.1. The zero-order valence-electron chi connectivity index (χ0n) is 29.3. The molecule has 1 aliphatic carbocycles.